The molecule has 4 aromatic rings. The van der Waals surface area contributed by atoms with E-state index in [-0.39, 0.29) is 21.9 Å². The van der Waals surface area contributed by atoms with Crippen LogP contribution < -0.4 is 15.5 Å². The number of sulfonamides is 1. The molecule has 9 nitrogen and oxygen atoms in total. The molecule has 0 bridgehead atoms. The summed E-state index contributed by atoms with van der Waals surface area (Å²) in [7, 11) is -3.89. The minimum absolute atomic E-state index is 0.0124. The number of hydrogen-bond acceptors (Lipinski definition) is 7. The number of nitrogens with one attached hydrogen (secondary N) is 2. The fourth-order valence-electron chi connectivity index (χ4n) is 3.09. The van der Waals surface area contributed by atoms with Crippen molar-refractivity contribution in [3.8, 4) is 0 Å². The molecule has 0 saturated heterocycles. The number of aromatic nitrogens is 2. The van der Waals surface area contributed by atoms with Gasteiger partial charge in [-0.1, -0.05) is 12.1 Å². The molecule has 0 aliphatic rings. The molecule has 2 heterocycles. The van der Waals surface area contributed by atoms with E-state index in [2.05, 4.69) is 20.0 Å². The van der Waals surface area contributed by atoms with Gasteiger partial charge in [0.25, 0.3) is 15.9 Å². The SMILES string of the molecule is Cc1cc(NS(=O)(=O)c2ccc(NC(=O)c3cc(=O)c4ccccc4o3)cc2)nc(C)n1. The molecule has 0 aliphatic carbocycles. The first-order valence-electron chi connectivity index (χ1n) is 9.51. The molecule has 2 N–H and O–H groups in total. The molecule has 0 radical (unpaired) electrons. The van der Waals surface area contributed by atoms with E-state index >= 15 is 0 Å². The minimum Gasteiger partial charge on any atom is -0.451 e. The average Bonchev–Trinajstić information content (AvgIpc) is 2.73. The Morgan fingerprint density at radius 3 is 2.41 bits per heavy atom. The molecule has 2 aromatic carbocycles. The highest BCUT2D eigenvalue weighted by molar-refractivity contribution is 7.92. The summed E-state index contributed by atoms with van der Waals surface area (Å²) in [4.78, 5) is 32.9. The van der Waals surface area contributed by atoms with Crippen LogP contribution in [0.15, 0.2) is 74.8 Å². The highest BCUT2D eigenvalue weighted by atomic mass is 32.2. The van der Waals surface area contributed by atoms with Crippen molar-refractivity contribution in [3.05, 3.63) is 88.2 Å². The van der Waals surface area contributed by atoms with Crippen molar-refractivity contribution < 1.29 is 17.6 Å². The summed E-state index contributed by atoms with van der Waals surface area (Å²) in [5, 5.41) is 2.96. The molecule has 0 saturated carbocycles. The second-order valence-electron chi connectivity index (χ2n) is 7.00. The lowest BCUT2D eigenvalue weighted by molar-refractivity contribution is 0.0997. The Labute approximate surface area is 183 Å². The van der Waals surface area contributed by atoms with Crippen LogP contribution in [0.4, 0.5) is 11.5 Å². The predicted octanol–water partition coefficient (Wildman–Crippen LogP) is 3.25. The smallest absolute Gasteiger partial charge is 0.291 e. The lowest BCUT2D eigenvalue weighted by Crippen LogP contribution is -2.16. The maximum atomic E-state index is 12.6. The van der Waals surface area contributed by atoms with Gasteiger partial charge in [-0.25, -0.2) is 18.4 Å². The molecule has 32 heavy (non-hydrogen) atoms. The van der Waals surface area contributed by atoms with Gasteiger partial charge in [0.05, 0.1) is 10.3 Å². The minimum atomic E-state index is -3.89. The molecule has 0 unspecified atom stereocenters. The standard InChI is InChI=1S/C22H18N4O5S/c1-13-11-21(24-14(2)23-13)26-32(29,30)16-9-7-15(8-10-16)25-22(28)20-12-18(27)17-5-3-4-6-19(17)31-20/h3-12H,1-2H3,(H,25,28)(H,23,24,26). The molecular weight excluding hydrogens is 432 g/mol. The van der Waals surface area contributed by atoms with Gasteiger partial charge in [-0.05, 0) is 50.2 Å². The number of aryl methyl sites for hydroxylation is 2. The van der Waals surface area contributed by atoms with E-state index < -0.39 is 15.9 Å². The van der Waals surface area contributed by atoms with E-state index in [0.717, 1.165) is 6.07 Å². The van der Waals surface area contributed by atoms with Gasteiger partial charge in [0.1, 0.15) is 17.2 Å². The van der Waals surface area contributed by atoms with E-state index in [4.69, 9.17) is 4.42 Å². The third kappa shape index (κ3) is 4.49. The topological polar surface area (TPSA) is 131 Å². The molecular formula is C22H18N4O5S. The summed E-state index contributed by atoms with van der Waals surface area (Å²) < 4.78 is 33.2. The molecule has 0 aliphatic heterocycles. The van der Waals surface area contributed by atoms with Gasteiger partial charge < -0.3 is 9.73 Å². The number of carbonyl (C=O) groups excluding carboxylic acids is 1. The lowest BCUT2D eigenvalue weighted by Gasteiger charge is -2.10. The number of nitrogens with zero attached hydrogens (tertiary/aromatic N) is 2. The van der Waals surface area contributed by atoms with Gasteiger partial charge in [0, 0.05) is 23.5 Å². The number of amides is 1. The van der Waals surface area contributed by atoms with Gasteiger partial charge in [-0.3, -0.25) is 14.3 Å². The Kier molecular flexibility index (Phi) is 5.45. The number of benzene rings is 2. The van der Waals surface area contributed by atoms with Crippen LogP contribution in [0.5, 0.6) is 0 Å². The zero-order valence-electron chi connectivity index (χ0n) is 17.1. The van der Waals surface area contributed by atoms with E-state index in [0.29, 0.717) is 28.2 Å². The fourth-order valence-corrected chi connectivity index (χ4v) is 4.08. The van der Waals surface area contributed by atoms with Crippen LogP contribution >= 0.6 is 0 Å². The fraction of sp³-hybridized carbons (Fsp3) is 0.0909. The number of hydrogen-bond donors (Lipinski definition) is 2. The highest BCUT2D eigenvalue weighted by Crippen LogP contribution is 2.19. The summed E-state index contributed by atoms with van der Waals surface area (Å²) in [6.07, 6.45) is 0. The summed E-state index contributed by atoms with van der Waals surface area (Å²) in [6.45, 7) is 3.40. The number of anilines is 2. The lowest BCUT2D eigenvalue weighted by atomic mass is 10.2. The monoisotopic (exact) mass is 450 g/mol. The normalized spacial score (nSPS) is 11.3. The first-order chi connectivity index (χ1) is 15.2. The Bertz CT molecular complexity index is 1480. The highest BCUT2D eigenvalue weighted by Gasteiger charge is 2.17. The van der Waals surface area contributed by atoms with Crippen LogP contribution in [0, 0.1) is 13.8 Å². The number of carbonyl (C=O) groups is 1. The van der Waals surface area contributed by atoms with Crippen molar-refractivity contribution in [3.63, 3.8) is 0 Å². The van der Waals surface area contributed by atoms with Crippen LogP contribution in [-0.4, -0.2) is 24.3 Å². The Morgan fingerprint density at radius 2 is 1.69 bits per heavy atom. The molecule has 2 aromatic heterocycles. The molecule has 4 rings (SSSR count). The molecule has 0 spiro atoms. The summed E-state index contributed by atoms with van der Waals surface area (Å²) in [5.74, 6) is -0.171. The summed E-state index contributed by atoms with van der Waals surface area (Å²) in [5.41, 5.74) is 0.930. The van der Waals surface area contributed by atoms with E-state index in [1.807, 2.05) is 0 Å². The van der Waals surface area contributed by atoms with Crippen molar-refractivity contribution >= 4 is 38.4 Å². The second-order valence-corrected chi connectivity index (χ2v) is 8.68. The molecule has 162 valence electrons. The molecule has 0 atom stereocenters. The van der Waals surface area contributed by atoms with Crippen molar-refractivity contribution in [2.75, 3.05) is 10.0 Å². The van der Waals surface area contributed by atoms with E-state index in [1.165, 1.54) is 30.3 Å². The zero-order valence-corrected chi connectivity index (χ0v) is 17.9. The van der Waals surface area contributed by atoms with E-state index in [1.54, 1.807) is 38.1 Å². The van der Waals surface area contributed by atoms with Crippen LogP contribution in [0.2, 0.25) is 0 Å². The molecule has 0 fully saturated rings. The number of rotatable bonds is 5. The Hall–Kier alpha value is -4.05. The predicted molar refractivity (Wildman–Crippen MR) is 119 cm³/mol. The third-order valence-corrected chi connectivity index (χ3v) is 5.86. The first-order valence-corrected chi connectivity index (χ1v) is 11.0. The average molecular weight is 450 g/mol. The van der Waals surface area contributed by atoms with Gasteiger partial charge in [-0.15, -0.1) is 0 Å². The van der Waals surface area contributed by atoms with Crippen LogP contribution in [0.3, 0.4) is 0 Å². The molecule has 1 amide bonds. The maximum absolute atomic E-state index is 12.6. The van der Waals surface area contributed by atoms with Gasteiger partial charge >= 0.3 is 0 Å². The van der Waals surface area contributed by atoms with E-state index in [9.17, 15) is 18.0 Å². The number of fused-ring (bicyclic) bond motifs is 1. The molecule has 10 heteroatoms. The van der Waals surface area contributed by atoms with Gasteiger partial charge in [0.15, 0.2) is 11.2 Å². The largest absolute Gasteiger partial charge is 0.451 e. The third-order valence-electron chi connectivity index (χ3n) is 4.49. The maximum Gasteiger partial charge on any atom is 0.291 e. The Balaban J connectivity index is 1.52. The van der Waals surface area contributed by atoms with Crippen LogP contribution in [-0.2, 0) is 10.0 Å². The van der Waals surface area contributed by atoms with Gasteiger partial charge in [-0.2, -0.15) is 0 Å². The van der Waals surface area contributed by atoms with Crippen molar-refractivity contribution in [1.82, 2.24) is 9.97 Å². The zero-order chi connectivity index (χ0) is 22.9. The van der Waals surface area contributed by atoms with Crippen LogP contribution in [0.25, 0.3) is 11.0 Å². The summed E-state index contributed by atoms with van der Waals surface area (Å²) >= 11 is 0. The first kappa shape index (κ1) is 21.2. The second kappa shape index (κ2) is 8.23. The van der Waals surface area contributed by atoms with Crippen molar-refractivity contribution in [2.24, 2.45) is 0 Å². The summed E-state index contributed by atoms with van der Waals surface area (Å²) in [6, 6.07) is 14.8. The Morgan fingerprint density at radius 1 is 0.969 bits per heavy atom. The van der Waals surface area contributed by atoms with Gasteiger partial charge in [0.2, 0.25) is 0 Å². The quantitative estimate of drug-likeness (QED) is 0.477. The van der Waals surface area contributed by atoms with Crippen molar-refractivity contribution in [1.29, 1.82) is 0 Å². The number of para-hydroxylation sites is 1. The van der Waals surface area contributed by atoms with Crippen molar-refractivity contribution in [2.45, 2.75) is 18.7 Å². The van der Waals surface area contributed by atoms with Crippen LogP contribution in [0.1, 0.15) is 22.1 Å².